The van der Waals surface area contributed by atoms with E-state index in [-0.39, 0.29) is 76.5 Å². The Morgan fingerprint density at radius 2 is 1.12 bits per heavy atom. The molecule has 3 unspecified atom stereocenters. The standard InChI is InChI=1S/C49H83N15O13/c1-25(2)22-35-45(73)57-30(12-17-50)40(68)56-33(15-20-53)44(72)63-38(27(5)66)47(75)54-21-16-34(43(71)55-31(13-18-51)42(70)61-36(46(74)60-35)23-29-10-8-7-9-11-29)58-41(69)32(14-19-52)59-48(76)39(28(6)67)64-49(77)62-37(24-65)26(3)4/h7-11,24-28,30-39,66-67H,12-23,50-53H2,1-6H3,(H,54,75)(H,55,71)(H,56,68)(H,57,73)(H,58,69)(H,59,76)(H,60,74)(H,61,70)(H,63,72)(H2,62,64,77)/t27-,28+,30?,31+,32-,33?,34-,35+,36+,37?,38+,39+/m1/s1. The topological polar surface area (TPSA) is 465 Å². The van der Waals surface area contributed by atoms with Crippen LogP contribution in [0.25, 0.3) is 0 Å². The quantitative estimate of drug-likeness (QED) is 0.0480. The molecule has 2 rings (SSSR count). The Morgan fingerprint density at radius 3 is 1.60 bits per heavy atom. The molecule has 1 aliphatic rings. The maximum atomic E-state index is 14.4. The van der Waals surface area contributed by atoms with Gasteiger partial charge in [0.15, 0.2) is 0 Å². The monoisotopic (exact) mass is 1090 g/mol. The summed E-state index contributed by atoms with van der Waals surface area (Å²) in [7, 11) is 0. The van der Waals surface area contributed by atoms with Gasteiger partial charge in [0.05, 0.1) is 18.2 Å². The second-order valence-electron chi connectivity index (χ2n) is 19.6. The fourth-order valence-corrected chi connectivity index (χ4v) is 7.87. The van der Waals surface area contributed by atoms with E-state index in [0.717, 1.165) is 0 Å². The molecule has 11 amide bonds. The summed E-state index contributed by atoms with van der Waals surface area (Å²) in [5.41, 5.74) is 24.0. The number of carbonyl (C=O) groups excluding carboxylic acids is 11. The third-order valence-corrected chi connectivity index (χ3v) is 12.3. The van der Waals surface area contributed by atoms with Gasteiger partial charge in [-0.3, -0.25) is 43.2 Å². The summed E-state index contributed by atoms with van der Waals surface area (Å²) in [6.45, 7) is 8.15. The van der Waals surface area contributed by atoms with Gasteiger partial charge < -0.3 is 96.4 Å². The van der Waals surface area contributed by atoms with Crippen molar-refractivity contribution in [2.45, 2.75) is 159 Å². The molecule has 0 saturated carbocycles. The van der Waals surface area contributed by atoms with Crippen LogP contribution in [0.15, 0.2) is 30.3 Å². The van der Waals surface area contributed by atoms with Gasteiger partial charge in [-0.15, -0.1) is 0 Å². The lowest BCUT2D eigenvalue weighted by atomic mass is 10.00. The van der Waals surface area contributed by atoms with Crippen LogP contribution >= 0.6 is 0 Å². The van der Waals surface area contributed by atoms with Gasteiger partial charge >= 0.3 is 6.03 Å². The van der Waals surface area contributed by atoms with Crippen molar-refractivity contribution in [2.75, 3.05) is 32.7 Å². The summed E-state index contributed by atoms with van der Waals surface area (Å²) >= 11 is 0. The number of aldehydes is 1. The van der Waals surface area contributed by atoms with Gasteiger partial charge in [-0.1, -0.05) is 58.0 Å². The lowest BCUT2D eigenvalue weighted by molar-refractivity contribution is -0.136. The Kier molecular flexibility index (Phi) is 29.3. The summed E-state index contributed by atoms with van der Waals surface area (Å²) in [5.74, 6) is -9.00. The van der Waals surface area contributed by atoms with Crippen molar-refractivity contribution in [3.05, 3.63) is 35.9 Å². The fraction of sp³-hybridized carbons (Fsp3) is 0.653. The van der Waals surface area contributed by atoms with Crippen LogP contribution in [0, 0.1) is 11.8 Å². The molecule has 77 heavy (non-hydrogen) atoms. The second-order valence-corrected chi connectivity index (χ2v) is 19.6. The Balaban J connectivity index is 2.73. The first kappa shape index (κ1) is 66.3. The first-order chi connectivity index (χ1) is 36.4. The molecule has 1 heterocycles. The van der Waals surface area contributed by atoms with E-state index in [1.807, 2.05) is 0 Å². The third kappa shape index (κ3) is 22.7. The number of hydrogen-bond acceptors (Lipinski definition) is 17. The predicted octanol–water partition coefficient (Wildman–Crippen LogP) is -6.28. The molecule has 0 aromatic heterocycles. The van der Waals surface area contributed by atoms with Crippen molar-refractivity contribution in [3.63, 3.8) is 0 Å². The lowest BCUT2D eigenvalue weighted by Crippen LogP contribution is -2.62. The van der Waals surface area contributed by atoms with Gasteiger partial charge in [0.25, 0.3) is 0 Å². The van der Waals surface area contributed by atoms with Crippen LogP contribution in [0.2, 0.25) is 0 Å². The van der Waals surface area contributed by atoms with E-state index in [1.165, 1.54) is 13.8 Å². The van der Waals surface area contributed by atoms with E-state index < -0.39 is 145 Å². The predicted molar refractivity (Wildman–Crippen MR) is 281 cm³/mol. The zero-order valence-corrected chi connectivity index (χ0v) is 44.7. The Labute approximate surface area is 448 Å². The zero-order chi connectivity index (χ0) is 57.9. The van der Waals surface area contributed by atoms with Gasteiger partial charge in [0.2, 0.25) is 53.2 Å². The zero-order valence-electron chi connectivity index (χ0n) is 44.7. The number of rotatable bonds is 22. The molecule has 0 spiro atoms. The number of urea groups is 1. The van der Waals surface area contributed by atoms with Crippen molar-refractivity contribution in [2.24, 2.45) is 34.8 Å². The molecule has 0 bridgehead atoms. The van der Waals surface area contributed by atoms with Crippen molar-refractivity contribution in [1.82, 2.24) is 58.5 Å². The summed E-state index contributed by atoms with van der Waals surface area (Å²) in [6.07, 6.45) is -3.92. The van der Waals surface area contributed by atoms with Crippen LogP contribution in [-0.2, 0) is 54.4 Å². The minimum absolute atomic E-state index is 0.0484. The van der Waals surface area contributed by atoms with Gasteiger partial charge in [-0.2, -0.15) is 0 Å². The average Bonchev–Trinajstić information content (AvgIpc) is 3.36. The van der Waals surface area contributed by atoms with Gasteiger partial charge in [0, 0.05) is 13.0 Å². The van der Waals surface area contributed by atoms with Gasteiger partial charge in [0.1, 0.15) is 60.7 Å². The summed E-state index contributed by atoms with van der Waals surface area (Å²) in [6, 6.07) is -6.89. The maximum absolute atomic E-state index is 14.4. The molecule has 1 saturated heterocycles. The van der Waals surface area contributed by atoms with E-state index in [2.05, 4.69) is 58.5 Å². The van der Waals surface area contributed by atoms with Crippen LogP contribution in [0.3, 0.4) is 0 Å². The minimum Gasteiger partial charge on any atom is -0.391 e. The van der Waals surface area contributed by atoms with Crippen LogP contribution < -0.4 is 81.4 Å². The Bertz CT molecular complexity index is 2130. The number of amides is 11. The molecule has 0 aliphatic carbocycles. The van der Waals surface area contributed by atoms with Gasteiger partial charge in [-0.25, -0.2) is 4.79 Å². The first-order valence-corrected chi connectivity index (χ1v) is 25.8. The van der Waals surface area contributed by atoms with E-state index in [4.69, 9.17) is 22.9 Å². The van der Waals surface area contributed by atoms with E-state index >= 15 is 0 Å². The minimum atomic E-state index is -1.68. The highest BCUT2D eigenvalue weighted by Crippen LogP contribution is 2.11. The largest absolute Gasteiger partial charge is 0.391 e. The summed E-state index contributed by atoms with van der Waals surface area (Å²) in [4.78, 5) is 150. The van der Waals surface area contributed by atoms with E-state index in [1.54, 1.807) is 58.0 Å². The number of aliphatic hydroxyl groups excluding tert-OH is 2. The third-order valence-electron chi connectivity index (χ3n) is 12.3. The van der Waals surface area contributed by atoms with E-state index in [0.29, 0.717) is 11.8 Å². The second kappa shape index (κ2) is 34.0. The SMILES string of the molecule is CC(C)C[C@@H]1NC(=O)[C@H](Cc2ccccc2)NC(=O)[C@H](CCN)NC(=O)[C@H](NC(=O)[C@@H](CCN)NC(=O)[C@@H](NC(=O)NC(C=O)C(C)C)[C@H](C)O)CCNC(=O)[C@H]([C@@H](C)O)NC(=O)C(CCN)NC(=O)C(CCN)NC1=O. The van der Waals surface area contributed by atoms with E-state index in [9.17, 15) is 63.0 Å². The molecule has 28 nitrogen and oxygen atoms in total. The molecule has 1 aromatic rings. The van der Waals surface area contributed by atoms with Crippen molar-refractivity contribution in [1.29, 1.82) is 0 Å². The molecule has 0 radical (unpaired) electrons. The number of nitrogens with two attached hydrogens (primary N) is 4. The highest BCUT2D eigenvalue weighted by atomic mass is 16.3. The number of hydrogen-bond donors (Lipinski definition) is 17. The van der Waals surface area contributed by atoms with Crippen molar-refractivity contribution < 1.29 is 63.0 Å². The Morgan fingerprint density at radius 1 is 0.623 bits per heavy atom. The molecular formula is C49H83N15O13. The molecule has 432 valence electrons. The number of benzene rings is 1. The number of aliphatic hydroxyl groups is 2. The fourth-order valence-electron chi connectivity index (χ4n) is 7.87. The van der Waals surface area contributed by atoms with Crippen molar-refractivity contribution in [3.8, 4) is 0 Å². The average molecular weight is 1090 g/mol. The molecular weight excluding hydrogens is 1010 g/mol. The smallest absolute Gasteiger partial charge is 0.316 e. The van der Waals surface area contributed by atoms with Crippen LogP contribution in [0.1, 0.15) is 85.6 Å². The normalized spacial score (nSPS) is 23.7. The molecule has 1 fully saturated rings. The molecule has 12 atom stereocenters. The first-order valence-electron chi connectivity index (χ1n) is 25.8. The molecule has 1 aromatic carbocycles. The maximum Gasteiger partial charge on any atom is 0.316 e. The van der Waals surface area contributed by atoms with Crippen LogP contribution in [-0.4, -0.2) is 181 Å². The number of nitrogens with one attached hydrogen (secondary N) is 11. The Hall–Kier alpha value is -6.85. The molecule has 21 N–H and O–H groups in total. The highest BCUT2D eigenvalue weighted by molar-refractivity contribution is 5.99. The summed E-state index contributed by atoms with van der Waals surface area (Å²) in [5, 5.41) is 48.7. The van der Waals surface area contributed by atoms with Crippen LogP contribution in [0.4, 0.5) is 4.79 Å². The highest BCUT2D eigenvalue weighted by Gasteiger charge is 2.37. The summed E-state index contributed by atoms with van der Waals surface area (Å²) < 4.78 is 0. The number of carbonyl (C=O) groups is 11. The van der Waals surface area contributed by atoms with Gasteiger partial charge in [-0.05, 0) is 96.0 Å². The lowest BCUT2D eigenvalue weighted by Gasteiger charge is -2.28. The van der Waals surface area contributed by atoms with Crippen molar-refractivity contribution >= 4 is 65.5 Å². The van der Waals surface area contributed by atoms with Crippen LogP contribution in [0.5, 0.6) is 0 Å². The molecule has 28 heteroatoms. The molecule has 1 aliphatic heterocycles.